The molecule has 1 heteroatoms. The van der Waals surface area contributed by atoms with Crippen molar-refractivity contribution in [2.75, 3.05) is 0 Å². The number of hydrogen-bond donors (Lipinski definition) is 1. The Balaban J connectivity index is 3.42. The molecule has 0 atom stereocenters. The fraction of sp³-hybridized carbons (Fsp3) is 1.00. The Labute approximate surface area is 84.1 Å². The van der Waals surface area contributed by atoms with Crippen LogP contribution in [0.5, 0.6) is 0 Å². The Kier molecular flexibility index (Phi) is 7.35. The topological polar surface area (TPSA) is 26.0 Å². The van der Waals surface area contributed by atoms with Gasteiger partial charge in [0.05, 0.1) is 0 Å². The predicted molar refractivity (Wildman–Crippen MR) is 60.9 cm³/mol. The zero-order valence-electron chi connectivity index (χ0n) is 9.73. The van der Waals surface area contributed by atoms with Crippen LogP contribution in [0.3, 0.4) is 0 Å². The highest BCUT2D eigenvalue weighted by Crippen LogP contribution is 2.18. The molecule has 0 aromatic heterocycles. The second-order valence-corrected chi connectivity index (χ2v) is 4.57. The van der Waals surface area contributed by atoms with Gasteiger partial charge in [-0.2, -0.15) is 0 Å². The third kappa shape index (κ3) is 8.29. The molecule has 0 heterocycles. The molecule has 80 valence electrons. The SMILES string of the molecule is CCCCCC(C)(N)CCCCC. The van der Waals surface area contributed by atoms with Crippen LogP contribution >= 0.6 is 0 Å². The molecular weight excluding hydrogens is 158 g/mol. The Morgan fingerprint density at radius 3 is 1.54 bits per heavy atom. The maximum atomic E-state index is 6.20. The maximum Gasteiger partial charge on any atom is 0.0125 e. The minimum Gasteiger partial charge on any atom is -0.325 e. The van der Waals surface area contributed by atoms with Crippen molar-refractivity contribution in [2.45, 2.75) is 77.7 Å². The van der Waals surface area contributed by atoms with Crippen molar-refractivity contribution in [3.05, 3.63) is 0 Å². The molecular formula is C12H27N. The predicted octanol–water partition coefficient (Wildman–Crippen LogP) is 3.86. The summed E-state index contributed by atoms with van der Waals surface area (Å²) in [5.41, 5.74) is 6.30. The van der Waals surface area contributed by atoms with E-state index in [9.17, 15) is 0 Å². The molecule has 0 aromatic carbocycles. The van der Waals surface area contributed by atoms with E-state index in [0.29, 0.717) is 0 Å². The van der Waals surface area contributed by atoms with Crippen LogP contribution in [0, 0.1) is 0 Å². The van der Waals surface area contributed by atoms with Gasteiger partial charge in [-0.15, -0.1) is 0 Å². The molecule has 0 saturated heterocycles. The molecule has 0 spiro atoms. The summed E-state index contributed by atoms with van der Waals surface area (Å²) >= 11 is 0. The lowest BCUT2D eigenvalue weighted by Crippen LogP contribution is -2.35. The van der Waals surface area contributed by atoms with E-state index < -0.39 is 0 Å². The minimum absolute atomic E-state index is 0.102. The number of nitrogens with two attached hydrogens (primary N) is 1. The molecule has 0 saturated carbocycles. The zero-order valence-corrected chi connectivity index (χ0v) is 9.73. The standard InChI is InChI=1S/C12H27N/c1-4-6-8-10-12(3,13)11-9-7-5-2/h4-11,13H2,1-3H3. The van der Waals surface area contributed by atoms with Gasteiger partial charge in [-0.25, -0.2) is 0 Å². The molecule has 2 N–H and O–H groups in total. The summed E-state index contributed by atoms with van der Waals surface area (Å²) in [7, 11) is 0. The monoisotopic (exact) mass is 185 g/mol. The smallest absolute Gasteiger partial charge is 0.0125 e. The highest BCUT2D eigenvalue weighted by molar-refractivity contribution is 4.77. The van der Waals surface area contributed by atoms with Gasteiger partial charge in [-0.1, -0.05) is 52.4 Å². The summed E-state index contributed by atoms with van der Waals surface area (Å²) in [5, 5.41) is 0. The molecule has 0 aliphatic carbocycles. The van der Waals surface area contributed by atoms with Gasteiger partial charge in [-0.3, -0.25) is 0 Å². The first-order valence-electron chi connectivity index (χ1n) is 5.91. The van der Waals surface area contributed by atoms with E-state index >= 15 is 0 Å². The second kappa shape index (κ2) is 7.37. The van der Waals surface area contributed by atoms with Gasteiger partial charge in [0, 0.05) is 5.54 Å². The zero-order chi connectivity index (χ0) is 10.2. The lowest BCUT2D eigenvalue weighted by atomic mass is 9.90. The average molecular weight is 185 g/mol. The third-order valence-corrected chi connectivity index (χ3v) is 2.70. The Morgan fingerprint density at radius 2 is 1.23 bits per heavy atom. The van der Waals surface area contributed by atoms with E-state index in [1.54, 1.807) is 0 Å². The summed E-state index contributed by atoms with van der Waals surface area (Å²) in [6.45, 7) is 6.69. The summed E-state index contributed by atoms with van der Waals surface area (Å²) in [6.07, 6.45) is 10.3. The normalized spacial score (nSPS) is 12.0. The van der Waals surface area contributed by atoms with E-state index in [0.717, 1.165) is 0 Å². The molecule has 0 fully saturated rings. The summed E-state index contributed by atoms with van der Waals surface area (Å²) in [4.78, 5) is 0. The first kappa shape index (κ1) is 13.0. The van der Waals surface area contributed by atoms with Gasteiger partial charge < -0.3 is 5.73 Å². The number of unbranched alkanes of at least 4 members (excludes halogenated alkanes) is 4. The van der Waals surface area contributed by atoms with Gasteiger partial charge in [0.2, 0.25) is 0 Å². The third-order valence-electron chi connectivity index (χ3n) is 2.70. The number of hydrogen-bond acceptors (Lipinski definition) is 1. The van der Waals surface area contributed by atoms with Crippen LogP contribution in [0.25, 0.3) is 0 Å². The van der Waals surface area contributed by atoms with Crippen LogP contribution in [0.1, 0.15) is 72.1 Å². The van der Waals surface area contributed by atoms with Gasteiger partial charge in [0.15, 0.2) is 0 Å². The lowest BCUT2D eigenvalue weighted by Gasteiger charge is -2.24. The van der Waals surface area contributed by atoms with Crippen LogP contribution in [0.4, 0.5) is 0 Å². The summed E-state index contributed by atoms with van der Waals surface area (Å²) in [6, 6.07) is 0. The molecule has 0 rings (SSSR count). The highest BCUT2D eigenvalue weighted by Gasteiger charge is 2.16. The fourth-order valence-electron chi connectivity index (χ4n) is 1.68. The molecule has 0 bridgehead atoms. The molecule has 0 unspecified atom stereocenters. The molecule has 0 aliphatic rings. The van der Waals surface area contributed by atoms with Crippen LogP contribution in [0.2, 0.25) is 0 Å². The summed E-state index contributed by atoms with van der Waals surface area (Å²) < 4.78 is 0. The van der Waals surface area contributed by atoms with Crippen molar-refractivity contribution >= 4 is 0 Å². The van der Waals surface area contributed by atoms with E-state index in [1.807, 2.05) is 0 Å². The molecule has 1 nitrogen and oxygen atoms in total. The largest absolute Gasteiger partial charge is 0.325 e. The van der Waals surface area contributed by atoms with Gasteiger partial charge in [0.25, 0.3) is 0 Å². The summed E-state index contributed by atoms with van der Waals surface area (Å²) in [5.74, 6) is 0. The van der Waals surface area contributed by atoms with Crippen LogP contribution in [-0.2, 0) is 0 Å². The first-order chi connectivity index (χ1) is 6.12. The molecule has 0 radical (unpaired) electrons. The average Bonchev–Trinajstić information content (AvgIpc) is 2.05. The van der Waals surface area contributed by atoms with Crippen molar-refractivity contribution in [1.82, 2.24) is 0 Å². The van der Waals surface area contributed by atoms with Crippen molar-refractivity contribution in [3.8, 4) is 0 Å². The highest BCUT2D eigenvalue weighted by atomic mass is 14.7. The molecule has 0 aromatic rings. The lowest BCUT2D eigenvalue weighted by molar-refractivity contribution is 0.369. The fourth-order valence-corrected chi connectivity index (χ4v) is 1.68. The van der Waals surface area contributed by atoms with E-state index in [-0.39, 0.29) is 5.54 Å². The van der Waals surface area contributed by atoms with Crippen molar-refractivity contribution in [3.63, 3.8) is 0 Å². The van der Waals surface area contributed by atoms with Crippen LogP contribution < -0.4 is 5.73 Å². The Morgan fingerprint density at radius 1 is 0.846 bits per heavy atom. The van der Waals surface area contributed by atoms with Crippen LogP contribution in [0.15, 0.2) is 0 Å². The van der Waals surface area contributed by atoms with Crippen LogP contribution in [-0.4, -0.2) is 5.54 Å². The molecule has 0 amide bonds. The van der Waals surface area contributed by atoms with Crippen molar-refractivity contribution in [1.29, 1.82) is 0 Å². The minimum atomic E-state index is 0.102. The Bertz CT molecular complexity index is 95.7. The van der Waals surface area contributed by atoms with E-state index in [2.05, 4.69) is 20.8 Å². The van der Waals surface area contributed by atoms with Gasteiger partial charge in [0.1, 0.15) is 0 Å². The molecule has 0 aliphatic heterocycles. The first-order valence-corrected chi connectivity index (χ1v) is 5.91. The quantitative estimate of drug-likeness (QED) is 0.571. The molecule has 13 heavy (non-hydrogen) atoms. The maximum absolute atomic E-state index is 6.20. The number of rotatable bonds is 8. The van der Waals surface area contributed by atoms with Gasteiger partial charge in [-0.05, 0) is 19.8 Å². The van der Waals surface area contributed by atoms with Crippen molar-refractivity contribution < 1.29 is 0 Å². The van der Waals surface area contributed by atoms with E-state index in [4.69, 9.17) is 5.73 Å². The van der Waals surface area contributed by atoms with E-state index in [1.165, 1.54) is 51.4 Å². The second-order valence-electron chi connectivity index (χ2n) is 4.57. The van der Waals surface area contributed by atoms with Crippen molar-refractivity contribution in [2.24, 2.45) is 5.73 Å². The Hall–Kier alpha value is -0.0400. The van der Waals surface area contributed by atoms with Gasteiger partial charge >= 0.3 is 0 Å².